The van der Waals surface area contributed by atoms with Crippen LogP contribution in [-0.4, -0.2) is 36.8 Å². The van der Waals surface area contributed by atoms with Crippen LogP contribution in [0.3, 0.4) is 0 Å². The maximum atomic E-state index is 11.0. The van der Waals surface area contributed by atoms with Crippen molar-refractivity contribution in [3.63, 3.8) is 0 Å². The van der Waals surface area contributed by atoms with Crippen LogP contribution in [0, 0.1) is 0 Å². The number of methoxy groups -OCH3 is 1. The van der Waals surface area contributed by atoms with Crippen molar-refractivity contribution in [3.05, 3.63) is 10.6 Å². The van der Waals surface area contributed by atoms with E-state index in [1.165, 1.54) is 18.4 Å². The average Bonchev–Trinajstić information content (AvgIpc) is 2.63. The van der Waals surface area contributed by atoms with E-state index in [0.29, 0.717) is 5.69 Å². The molecule has 0 radical (unpaired) electrons. The molecule has 1 heterocycles. The van der Waals surface area contributed by atoms with E-state index < -0.39 is 5.97 Å². The van der Waals surface area contributed by atoms with E-state index in [1.807, 2.05) is 11.9 Å². The second-order valence-corrected chi connectivity index (χ2v) is 4.41. The summed E-state index contributed by atoms with van der Waals surface area (Å²) in [7, 11) is 3.44. The molecule has 16 heavy (non-hydrogen) atoms. The second kappa shape index (κ2) is 5.81. The molecule has 0 amide bonds. The fourth-order valence-electron chi connectivity index (χ4n) is 1.34. The predicted molar refractivity (Wildman–Crippen MR) is 63.3 cm³/mol. The predicted octanol–water partition coefficient (Wildman–Crippen LogP) is 1.83. The number of carboxylic acid groups (broad SMARTS) is 1. The number of carboxylic acids is 1. The third-order valence-corrected chi connectivity index (χ3v) is 3.25. The van der Waals surface area contributed by atoms with Gasteiger partial charge in [0.1, 0.15) is 4.88 Å². The van der Waals surface area contributed by atoms with Gasteiger partial charge in [0, 0.05) is 20.7 Å². The first-order chi connectivity index (χ1) is 7.60. The van der Waals surface area contributed by atoms with Crippen LogP contribution < -0.4 is 4.90 Å². The van der Waals surface area contributed by atoms with Crippen molar-refractivity contribution in [3.8, 4) is 0 Å². The molecule has 0 bridgehead atoms. The molecule has 0 saturated heterocycles. The van der Waals surface area contributed by atoms with E-state index in [1.54, 1.807) is 0 Å². The third-order valence-electron chi connectivity index (χ3n) is 2.05. The van der Waals surface area contributed by atoms with Gasteiger partial charge in [-0.1, -0.05) is 18.3 Å². The highest BCUT2D eigenvalue weighted by atomic mass is 32.1. The highest BCUT2D eigenvalue weighted by Gasteiger charge is 2.18. The second-order valence-electron chi connectivity index (χ2n) is 3.43. The monoisotopic (exact) mass is 244 g/mol. The molecule has 0 aliphatic heterocycles. The van der Waals surface area contributed by atoms with Crippen LogP contribution in [0.5, 0.6) is 0 Å². The zero-order valence-corrected chi connectivity index (χ0v) is 10.5. The number of thiazole rings is 1. The molecule has 1 rings (SSSR count). The molecule has 0 aliphatic rings. The largest absolute Gasteiger partial charge is 0.477 e. The van der Waals surface area contributed by atoms with E-state index in [4.69, 9.17) is 9.84 Å². The molecule has 0 aliphatic carbocycles. The first kappa shape index (κ1) is 12.9. The fourth-order valence-corrected chi connectivity index (χ4v) is 2.23. The number of aromatic carboxylic acids is 1. The maximum Gasteiger partial charge on any atom is 0.347 e. The van der Waals surface area contributed by atoms with Crippen molar-refractivity contribution in [1.29, 1.82) is 0 Å². The normalized spacial score (nSPS) is 10.4. The van der Waals surface area contributed by atoms with Crippen molar-refractivity contribution in [1.82, 2.24) is 4.98 Å². The molecule has 0 aromatic carbocycles. The summed E-state index contributed by atoms with van der Waals surface area (Å²) in [5, 5.41) is 9.74. The molecule has 1 N–H and O–H groups in total. The molecule has 90 valence electrons. The Morgan fingerprint density at radius 2 is 2.31 bits per heavy atom. The molecule has 0 spiro atoms. The Labute approximate surface area is 98.7 Å². The van der Waals surface area contributed by atoms with Gasteiger partial charge in [-0.15, -0.1) is 0 Å². The molecule has 0 unspecified atom stereocenters. The van der Waals surface area contributed by atoms with E-state index in [9.17, 15) is 4.79 Å². The lowest BCUT2D eigenvalue weighted by molar-refractivity contribution is 0.0697. The van der Waals surface area contributed by atoms with Gasteiger partial charge in [-0.3, -0.25) is 0 Å². The molecule has 5 nitrogen and oxygen atoms in total. The number of hydrogen-bond donors (Lipinski definition) is 1. The van der Waals surface area contributed by atoms with E-state index in [2.05, 4.69) is 11.9 Å². The number of carbonyl (C=O) groups is 1. The van der Waals surface area contributed by atoms with Crippen molar-refractivity contribution in [2.45, 2.75) is 20.0 Å². The number of aromatic nitrogens is 1. The van der Waals surface area contributed by atoms with Gasteiger partial charge in [0.25, 0.3) is 0 Å². The summed E-state index contributed by atoms with van der Waals surface area (Å²) < 4.78 is 4.93. The number of hydrogen-bond acceptors (Lipinski definition) is 5. The van der Waals surface area contributed by atoms with Gasteiger partial charge in [-0.2, -0.15) is 0 Å². The van der Waals surface area contributed by atoms with Gasteiger partial charge in [-0.25, -0.2) is 9.78 Å². The molecule has 0 fully saturated rings. The lowest BCUT2D eigenvalue weighted by Crippen LogP contribution is -2.17. The average molecular weight is 244 g/mol. The lowest BCUT2D eigenvalue weighted by Gasteiger charge is -2.13. The fraction of sp³-hybridized carbons (Fsp3) is 0.600. The third kappa shape index (κ3) is 2.93. The van der Waals surface area contributed by atoms with E-state index in [0.717, 1.165) is 18.1 Å². The minimum atomic E-state index is -0.944. The van der Waals surface area contributed by atoms with Gasteiger partial charge in [0.2, 0.25) is 0 Å². The van der Waals surface area contributed by atoms with Gasteiger partial charge in [0.15, 0.2) is 5.13 Å². The highest BCUT2D eigenvalue weighted by Crippen LogP contribution is 2.26. The zero-order chi connectivity index (χ0) is 12.1. The standard InChI is InChI=1S/C10H16N2O3S/c1-4-5-12(2)10-11-7(6-15-3)8(16-10)9(13)14/h4-6H2,1-3H3,(H,13,14). The number of nitrogens with zero attached hydrogens (tertiary/aromatic N) is 2. The summed E-state index contributed by atoms with van der Waals surface area (Å²) in [5.41, 5.74) is 0.498. The zero-order valence-electron chi connectivity index (χ0n) is 9.69. The van der Waals surface area contributed by atoms with E-state index in [-0.39, 0.29) is 11.5 Å². The van der Waals surface area contributed by atoms with Crippen LogP contribution in [0.1, 0.15) is 28.7 Å². The van der Waals surface area contributed by atoms with Crippen LogP contribution in [0.2, 0.25) is 0 Å². The number of ether oxygens (including phenoxy) is 1. The Morgan fingerprint density at radius 1 is 1.62 bits per heavy atom. The molecule has 1 aromatic heterocycles. The molecular weight excluding hydrogens is 228 g/mol. The topological polar surface area (TPSA) is 62.7 Å². The van der Waals surface area contributed by atoms with Crippen LogP contribution >= 0.6 is 11.3 Å². The lowest BCUT2D eigenvalue weighted by atomic mass is 10.4. The Bertz CT molecular complexity index is 365. The summed E-state index contributed by atoms with van der Waals surface area (Å²) in [4.78, 5) is 17.5. The quantitative estimate of drug-likeness (QED) is 0.827. The first-order valence-electron chi connectivity index (χ1n) is 5.03. The summed E-state index contributed by atoms with van der Waals surface area (Å²) >= 11 is 1.19. The molecule has 0 saturated carbocycles. The maximum absolute atomic E-state index is 11.0. The summed E-state index contributed by atoms with van der Waals surface area (Å²) in [5.74, 6) is -0.944. The van der Waals surface area contributed by atoms with Crippen LogP contribution in [0.15, 0.2) is 0 Å². The Hall–Kier alpha value is -1.14. The van der Waals surface area contributed by atoms with Gasteiger partial charge in [-0.05, 0) is 6.42 Å². The van der Waals surface area contributed by atoms with Crippen molar-refractivity contribution in [2.75, 3.05) is 25.6 Å². The Morgan fingerprint density at radius 3 is 2.81 bits per heavy atom. The minimum absolute atomic E-state index is 0.234. The van der Waals surface area contributed by atoms with Gasteiger partial charge < -0.3 is 14.7 Å². The van der Waals surface area contributed by atoms with Crippen LogP contribution in [0.4, 0.5) is 5.13 Å². The van der Waals surface area contributed by atoms with Crippen molar-refractivity contribution < 1.29 is 14.6 Å². The molecular formula is C10H16N2O3S. The van der Waals surface area contributed by atoms with Gasteiger partial charge >= 0.3 is 5.97 Å². The number of anilines is 1. The minimum Gasteiger partial charge on any atom is -0.477 e. The number of rotatable bonds is 6. The smallest absolute Gasteiger partial charge is 0.347 e. The molecule has 0 atom stereocenters. The summed E-state index contributed by atoms with van der Waals surface area (Å²) in [6, 6.07) is 0. The van der Waals surface area contributed by atoms with Crippen molar-refractivity contribution in [2.24, 2.45) is 0 Å². The van der Waals surface area contributed by atoms with E-state index >= 15 is 0 Å². The summed E-state index contributed by atoms with van der Waals surface area (Å²) in [6.07, 6.45) is 0.998. The molecule has 6 heteroatoms. The van der Waals surface area contributed by atoms with Crippen molar-refractivity contribution >= 4 is 22.4 Å². The van der Waals surface area contributed by atoms with Gasteiger partial charge in [0.05, 0.1) is 12.3 Å². The van der Waals surface area contributed by atoms with Crippen LogP contribution in [0.25, 0.3) is 0 Å². The van der Waals surface area contributed by atoms with Crippen LogP contribution in [-0.2, 0) is 11.3 Å². The first-order valence-corrected chi connectivity index (χ1v) is 5.84. The highest BCUT2D eigenvalue weighted by molar-refractivity contribution is 7.17. The Balaban J connectivity index is 2.96. The SMILES string of the molecule is CCCN(C)c1nc(COC)c(C(=O)O)s1. The summed E-state index contributed by atoms with van der Waals surface area (Å²) in [6.45, 7) is 3.16. The Kier molecular flexibility index (Phi) is 4.70. The molecule has 1 aromatic rings.